The summed E-state index contributed by atoms with van der Waals surface area (Å²) in [7, 11) is 0. The van der Waals surface area contributed by atoms with Crippen LogP contribution in [0.5, 0.6) is 0 Å². The number of thioether (sulfide) groups is 1. The Hall–Kier alpha value is -2.59. The van der Waals surface area contributed by atoms with E-state index in [-0.39, 0.29) is 5.78 Å². The van der Waals surface area contributed by atoms with Crippen LogP contribution >= 0.6 is 11.8 Å². The van der Waals surface area contributed by atoms with E-state index in [4.69, 9.17) is 0 Å². The molecule has 0 spiro atoms. The number of benzene rings is 2. The molecule has 0 radical (unpaired) electrons. The molecule has 0 saturated heterocycles. The second-order valence-corrected chi connectivity index (χ2v) is 6.87. The van der Waals surface area contributed by atoms with Crippen molar-refractivity contribution in [2.75, 3.05) is 5.75 Å². The molecule has 0 aliphatic heterocycles. The molecule has 3 nitrogen and oxygen atoms in total. The van der Waals surface area contributed by atoms with Crippen LogP contribution in [0, 0.1) is 6.92 Å². The fourth-order valence-electron chi connectivity index (χ4n) is 2.80. The molecular formula is C20H16N2OS. The lowest BCUT2D eigenvalue weighted by Crippen LogP contribution is -2.01. The minimum Gasteiger partial charge on any atom is -0.339 e. The van der Waals surface area contributed by atoms with Crippen LogP contribution in [0.4, 0.5) is 0 Å². The minimum absolute atomic E-state index is 0.140. The zero-order chi connectivity index (χ0) is 16.5. The standard InChI is InChI=1S/C20H16N2OS/c1-13-9-17-16-10-14(7-8-18(16)22-20(17)21-11-13)19(23)12-24-15-5-3-2-4-6-15/h2-11H,12H2,1H3,(H,21,22). The number of Topliss-reactive ketones (excluding diaryl/α,β-unsaturated/α-hetero) is 1. The largest absolute Gasteiger partial charge is 0.339 e. The molecule has 0 aliphatic carbocycles. The van der Waals surface area contributed by atoms with Crippen LogP contribution in [0.2, 0.25) is 0 Å². The first-order valence-electron chi connectivity index (χ1n) is 7.80. The average Bonchev–Trinajstić information content (AvgIpc) is 2.97. The number of pyridine rings is 1. The number of hydrogen-bond donors (Lipinski definition) is 1. The lowest BCUT2D eigenvalue weighted by Gasteiger charge is -2.02. The van der Waals surface area contributed by atoms with Crippen molar-refractivity contribution in [3.05, 3.63) is 71.9 Å². The second-order valence-electron chi connectivity index (χ2n) is 5.82. The predicted octanol–water partition coefficient (Wildman–Crippen LogP) is 5.00. The third-order valence-electron chi connectivity index (χ3n) is 4.02. The van der Waals surface area contributed by atoms with E-state index in [0.29, 0.717) is 5.75 Å². The first-order chi connectivity index (χ1) is 11.7. The Labute approximate surface area is 144 Å². The number of nitrogens with one attached hydrogen (secondary N) is 1. The van der Waals surface area contributed by atoms with Gasteiger partial charge in [0.2, 0.25) is 0 Å². The Morgan fingerprint density at radius 2 is 1.92 bits per heavy atom. The molecule has 4 aromatic rings. The number of rotatable bonds is 4. The first-order valence-corrected chi connectivity index (χ1v) is 8.78. The third kappa shape index (κ3) is 2.81. The van der Waals surface area contributed by atoms with E-state index in [1.54, 1.807) is 11.8 Å². The van der Waals surface area contributed by atoms with Gasteiger partial charge in [0.1, 0.15) is 5.65 Å². The highest BCUT2D eigenvalue weighted by atomic mass is 32.2. The van der Waals surface area contributed by atoms with Crippen molar-refractivity contribution >= 4 is 39.5 Å². The van der Waals surface area contributed by atoms with Crippen LogP contribution in [0.3, 0.4) is 0 Å². The van der Waals surface area contributed by atoms with Crippen molar-refractivity contribution in [1.82, 2.24) is 9.97 Å². The number of H-pyrrole nitrogens is 1. The van der Waals surface area contributed by atoms with Gasteiger partial charge in [-0.15, -0.1) is 11.8 Å². The van der Waals surface area contributed by atoms with Crippen LogP contribution in [0.15, 0.2) is 65.7 Å². The summed E-state index contributed by atoms with van der Waals surface area (Å²) in [6.07, 6.45) is 1.85. The van der Waals surface area contributed by atoms with Crippen LogP contribution < -0.4 is 0 Å². The van der Waals surface area contributed by atoms with E-state index in [1.165, 1.54) is 0 Å². The number of carbonyl (C=O) groups is 1. The Kier molecular flexibility index (Phi) is 3.82. The van der Waals surface area contributed by atoms with Crippen molar-refractivity contribution in [3.8, 4) is 0 Å². The number of fused-ring (bicyclic) bond motifs is 3. The first kappa shape index (κ1) is 15.0. The summed E-state index contributed by atoms with van der Waals surface area (Å²) in [5.74, 6) is 0.579. The fraction of sp³-hybridized carbons (Fsp3) is 0.100. The molecule has 24 heavy (non-hydrogen) atoms. The Morgan fingerprint density at radius 1 is 1.08 bits per heavy atom. The summed E-state index contributed by atoms with van der Waals surface area (Å²) in [6, 6.07) is 17.9. The van der Waals surface area contributed by atoms with Gasteiger partial charge in [0.05, 0.1) is 5.75 Å². The van der Waals surface area contributed by atoms with Gasteiger partial charge in [-0.3, -0.25) is 4.79 Å². The molecule has 0 fully saturated rings. The minimum atomic E-state index is 0.140. The van der Waals surface area contributed by atoms with Gasteiger partial charge in [-0.1, -0.05) is 18.2 Å². The van der Waals surface area contributed by atoms with E-state index in [1.807, 2.05) is 61.7 Å². The van der Waals surface area contributed by atoms with Gasteiger partial charge >= 0.3 is 0 Å². The van der Waals surface area contributed by atoms with Gasteiger partial charge in [-0.25, -0.2) is 4.98 Å². The van der Waals surface area contributed by atoms with E-state index in [9.17, 15) is 4.79 Å². The van der Waals surface area contributed by atoms with Crippen molar-refractivity contribution in [2.45, 2.75) is 11.8 Å². The van der Waals surface area contributed by atoms with Crippen LogP contribution in [0.25, 0.3) is 21.9 Å². The van der Waals surface area contributed by atoms with Crippen LogP contribution in [-0.2, 0) is 0 Å². The zero-order valence-electron chi connectivity index (χ0n) is 13.2. The number of aryl methyl sites for hydroxylation is 1. The van der Waals surface area contributed by atoms with Gasteiger partial charge in [0.15, 0.2) is 5.78 Å². The molecule has 0 amide bonds. The summed E-state index contributed by atoms with van der Waals surface area (Å²) < 4.78 is 0. The average molecular weight is 332 g/mol. The van der Waals surface area contributed by atoms with Gasteiger partial charge in [-0.05, 0) is 48.9 Å². The maximum atomic E-state index is 12.5. The van der Waals surface area contributed by atoms with Crippen LogP contribution in [0.1, 0.15) is 15.9 Å². The molecule has 4 heteroatoms. The molecule has 4 rings (SSSR count). The zero-order valence-corrected chi connectivity index (χ0v) is 14.1. The highest BCUT2D eigenvalue weighted by Crippen LogP contribution is 2.27. The molecule has 0 aliphatic rings. The van der Waals surface area contributed by atoms with Crippen molar-refractivity contribution in [2.24, 2.45) is 0 Å². The highest BCUT2D eigenvalue weighted by molar-refractivity contribution is 8.00. The second kappa shape index (κ2) is 6.13. The highest BCUT2D eigenvalue weighted by Gasteiger charge is 2.11. The Bertz CT molecular complexity index is 1040. The van der Waals surface area contributed by atoms with E-state index in [0.717, 1.165) is 38.0 Å². The van der Waals surface area contributed by atoms with Crippen molar-refractivity contribution < 1.29 is 4.79 Å². The predicted molar refractivity (Wildman–Crippen MR) is 99.8 cm³/mol. The van der Waals surface area contributed by atoms with Crippen molar-refractivity contribution in [3.63, 3.8) is 0 Å². The maximum Gasteiger partial charge on any atom is 0.173 e. The van der Waals surface area contributed by atoms with Gasteiger partial charge < -0.3 is 4.98 Å². The quantitative estimate of drug-likeness (QED) is 0.422. The Morgan fingerprint density at radius 3 is 2.75 bits per heavy atom. The van der Waals surface area contributed by atoms with E-state index >= 15 is 0 Å². The van der Waals surface area contributed by atoms with Gasteiger partial charge in [0, 0.05) is 32.9 Å². The third-order valence-corrected chi connectivity index (χ3v) is 5.03. The van der Waals surface area contributed by atoms with Crippen molar-refractivity contribution in [1.29, 1.82) is 0 Å². The van der Waals surface area contributed by atoms with E-state index < -0.39 is 0 Å². The summed E-state index contributed by atoms with van der Waals surface area (Å²) in [4.78, 5) is 21.4. The number of aromatic amines is 1. The number of hydrogen-bond acceptors (Lipinski definition) is 3. The molecule has 0 bridgehead atoms. The lowest BCUT2D eigenvalue weighted by atomic mass is 10.1. The molecule has 2 heterocycles. The van der Waals surface area contributed by atoms with Gasteiger partial charge in [0.25, 0.3) is 0 Å². The van der Waals surface area contributed by atoms with Gasteiger partial charge in [-0.2, -0.15) is 0 Å². The van der Waals surface area contributed by atoms with Crippen LogP contribution in [-0.4, -0.2) is 21.5 Å². The topological polar surface area (TPSA) is 45.8 Å². The maximum absolute atomic E-state index is 12.5. The molecule has 2 aromatic heterocycles. The molecular weight excluding hydrogens is 316 g/mol. The number of nitrogens with zero attached hydrogens (tertiary/aromatic N) is 1. The SMILES string of the molecule is Cc1cnc2[nH]c3ccc(C(=O)CSc4ccccc4)cc3c2c1. The number of ketones is 1. The number of aromatic nitrogens is 2. The normalized spacial score (nSPS) is 11.2. The lowest BCUT2D eigenvalue weighted by molar-refractivity contribution is 0.102. The molecule has 2 aromatic carbocycles. The molecule has 0 saturated carbocycles. The molecule has 1 N–H and O–H groups in total. The fourth-order valence-corrected chi connectivity index (χ4v) is 3.61. The molecule has 118 valence electrons. The summed E-state index contributed by atoms with van der Waals surface area (Å²) >= 11 is 1.57. The number of carbonyl (C=O) groups excluding carboxylic acids is 1. The summed E-state index contributed by atoms with van der Waals surface area (Å²) in [5.41, 5.74) is 3.72. The van der Waals surface area contributed by atoms with E-state index in [2.05, 4.69) is 16.0 Å². The smallest absolute Gasteiger partial charge is 0.173 e. The molecule has 0 atom stereocenters. The monoisotopic (exact) mass is 332 g/mol. The summed E-state index contributed by atoms with van der Waals surface area (Å²) in [5, 5.41) is 2.12. The Balaban J connectivity index is 1.65. The summed E-state index contributed by atoms with van der Waals surface area (Å²) in [6.45, 7) is 2.02. The molecule has 0 unspecified atom stereocenters.